The van der Waals surface area contributed by atoms with E-state index in [4.69, 9.17) is 23.2 Å². The van der Waals surface area contributed by atoms with Crippen LogP contribution in [0, 0.1) is 11.7 Å². The highest BCUT2D eigenvalue weighted by Gasteiger charge is 2.30. The number of halogens is 3. The average molecular weight is 500 g/mol. The molecule has 4 nitrogen and oxygen atoms in total. The normalized spacial score (nSPS) is 18.5. The van der Waals surface area contributed by atoms with Crippen LogP contribution in [-0.2, 0) is 6.42 Å². The summed E-state index contributed by atoms with van der Waals surface area (Å²) in [6, 6.07) is 12.6. The lowest BCUT2D eigenvalue weighted by atomic mass is 9.88. The molecule has 3 heterocycles. The van der Waals surface area contributed by atoms with Gasteiger partial charge < -0.3 is 9.80 Å². The lowest BCUT2D eigenvalue weighted by molar-refractivity contribution is 0.0553. The molecule has 0 atom stereocenters. The van der Waals surface area contributed by atoms with Gasteiger partial charge in [0.2, 0.25) is 0 Å². The van der Waals surface area contributed by atoms with Gasteiger partial charge in [-0.1, -0.05) is 29.3 Å². The van der Waals surface area contributed by atoms with E-state index in [-0.39, 0.29) is 11.7 Å². The molecular formula is C27H28Cl2FN3O. The van der Waals surface area contributed by atoms with E-state index in [0.29, 0.717) is 38.5 Å². The van der Waals surface area contributed by atoms with Gasteiger partial charge in [-0.2, -0.15) is 0 Å². The standard InChI is InChI=1S/C27H28Cl2FN3O/c28-24-3-1-19(16-25(24)29)15-18-6-11-32(12-7-18)21-8-13-33(14-9-21)27(34)22-5-10-31-26-4-2-20(30)17-23(22)26/h1-5,10,16-18,21H,6-9,11-15H2. The van der Waals surface area contributed by atoms with Crippen LogP contribution in [0.15, 0.2) is 48.7 Å². The molecule has 0 saturated carbocycles. The number of benzene rings is 2. The number of carbonyl (C=O) groups excluding carboxylic acids is 1. The van der Waals surface area contributed by atoms with Gasteiger partial charge in [0.15, 0.2) is 0 Å². The Kier molecular flexibility index (Phi) is 7.05. The molecule has 0 unspecified atom stereocenters. The number of pyridine rings is 1. The van der Waals surface area contributed by atoms with Crippen LogP contribution in [0.4, 0.5) is 4.39 Å². The summed E-state index contributed by atoms with van der Waals surface area (Å²) in [6.45, 7) is 3.65. The first-order chi connectivity index (χ1) is 16.5. The number of nitrogens with zero attached hydrogens (tertiary/aromatic N) is 3. The highest BCUT2D eigenvalue weighted by Crippen LogP contribution is 2.29. The Labute approximate surface area is 209 Å². The van der Waals surface area contributed by atoms with E-state index in [0.717, 1.165) is 45.4 Å². The number of hydrogen-bond donors (Lipinski definition) is 0. The van der Waals surface area contributed by atoms with E-state index in [1.54, 1.807) is 18.3 Å². The van der Waals surface area contributed by atoms with Crippen LogP contribution in [0.25, 0.3) is 10.9 Å². The topological polar surface area (TPSA) is 36.4 Å². The van der Waals surface area contributed by atoms with Crippen molar-refractivity contribution in [2.24, 2.45) is 5.92 Å². The second-order valence-electron chi connectivity index (χ2n) is 9.48. The molecule has 178 valence electrons. The molecular weight excluding hydrogens is 472 g/mol. The SMILES string of the molecule is O=C(c1ccnc2ccc(F)cc12)N1CCC(N2CCC(Cc3ccc(Cl)c(Cl)c3)CC2)CC1. The van der Waals surface area contributed by atoms with Gasteiger partial charge in [0.1, 0.15) is 5.82 Å². The van der Waals surface area contributed by atoms with Gasteiger partial charge in [-0.25, -0.2) is 4.39 Å². The Morgan fingerprint density at radius 1 is 0.941 bits per heavy atom. The number of aromatic nitrogens is 1. The summed E-state index contributed by atoms with van der Waals surface area (Å²) < 4.78 is 13.8. The summed E-state index contributed by atoms with van der Waals surface area (Å²) in [4.78, 5) is 22.0. The number of piperidine rings is 2. The van der Waals surface area contributed by atoms with Crippen molar-refractivity contribution in [2.45, 2.75) is 38.1 Å². The Morgan fingerprint density at radius 3 is 2.44 bits per heavy atom. The lowest BCUT2D eigenvalue weighted by Crippen LogP contribution is -2.49. The van der Waals surface area contributed by atoms with Crippen molar-refractivity contribution >= 4 is 40.0 Å². The molecule has 0 aliphatic carbocycles. The van der Waals surface area contributed by atoms with Crippen molar-refractivity contribution in [3.63, 3.8) is 0 Å². The predicted octanol–water partition coefficient (Wildman–Crippen LogP) is 6.24. The van der Waals surface area contributed by atoms with Crippen molar-refractivity contribution in [1.29, 1.82) is 0 Å². The monoisotopic (exact) mass is 499 g/mol. The lowest BCUT2D eigenvalue weighted by Gasteiger charge is -2.42. The molecule has 2 aromatic carbocycles. The van der Waals surface area contributed by atoms with Crippen LogP contribution in [0.2, 0.25) is 10.0 Å². The molecule has 3 aromatic rings. The zero-order chi connectivity index (χ0) is 23.7. The first kappa shape index (κ1) is 23.5. The van der Waals surface area contributed by atoms with Gasteiger partial charge in [0.25, 0.3) is 5.91 Å². The fraction of sp³-hybridized carbons (Fsp3) is 0.407. The zero-order valence-corrected chi connectivity index (χ0v) is 20.5. The van der Waals surface area contributed by atoms with Gasteiger partial charge in [0.05, 0.1) is 21.1 Å². The smallest absolute Gasteiger partial charge is 0.254 e. The molecule has 7 heteroatoms. The van der Waals surface area contributed by atoms with E-state index in [1.165, 1.54) is 30.5 Å². The summed E-state index contributed by atoms with van der Waals surface area (Å²) in [5, 5.41) is 1.82. The molecule has 2 fully saturated rings. The van der Waals surface area contributed by atoms with E-state index in [9.17, 15) is 9.18 Å². The largest absolute Gasteiger partial charge is 0.339 e. The number of carbonyl (C=O) groups is 1. The second-order valence-corrected chi connectivity index (χ2v) is 10.3. The first-order valence-corrected chi connectivity index (χ1v) is 12.7. The fourth-order valence-electron chi connectivity index (χ4n) is 5.43. The molecule has 5 rings (SSSR count). The summed E-state index contributed by atoms with van der Waals surface area (Å²) in [7, 11) is 0. The fourth-order valence-corrected chi connectivity index (χ4v) is 5.75. The van der Waals surface area contributed by atoms with Gasteiger partial charge in [-0.05, 0) is 93.1 Å². The number of fused-ring (bicyclic) bond motifs is 1. The minimum absolute atomic E-state index is 0.0308. The predicted molar refractivity (Wildman–Crippen MR) is 135 cm³/mol. The molecule has 2 aliphatic heterocycles. The van der Waals surface area contributed by atoms with Crippen LogP contribution in [0.1, 0.15) is 41.6 Å². The summed E-state index contributed by atoms with van der Waals surface area (Å²) in [5.74, 6) is 0.281. The van der Waals surface area contributed by atoms with Gasteiger partial charge in [0, 0.05) is 30.7 Å². The summed E-state index contributed by atoms with van der Waals surface area (Å²) in [5.41, 5.74) is 2.43. The molecule has 0 N–H and O–H groups in total. The number of rotatable bonds is 4. The third kappa shape index (κ3) is 5.07. The van der Waals surface area contributed by atoms with Crippen molar-refractivity contribution < 1.29 is 9.18 Å². The maximum atomic E-state index is 13.8. The molecule has 0 bridgehead atoms. The Hall–Kier alpha value is -2.21. The number of likely N-dealkylation sites (tertiary alicyclic amines) is 2. The molecule has 34 heavy (non-hydrogen) atoms. The average Bonchev–Trinajstić information content (AvgIpc) is 2.86. The number of amides is 1. The van der Waals surface area contributed by atoms with Crippen molar-refractivity contribution in [2.75, 3.05) is 26.2 Å². The van der Waals surface area contributed by atoms with Gasteiger partial charge in [-0.3, -0.25) is 9.78 Å². The maximum Gasteiger partial charge on any atom is 0.254 e. The second kappa shape index (κ2) is 10.2. The van der Waals surface area contributed by atoms with Crippen molar-refractivity contribution in [3.8, 4) is 0 Å². The Bertz CT molecular complexity index is 1190. The highest BCUT2D eigenvalue weighted by molar-refractivity contribution is 6.42. The summed E-state index contributed by atoms with van der Waals surface area (Å²) >= 11 is 12.2. The van der Waals surface area contributed by atoms with Gasteiger partial charge in [-0.15, -0.1) is 0 Å². The molecule has 1 aromatic heterocycles. The van der Waals surface area contributed by atoms with Crippen LogP contribution in [0.5, 0.6) is 0 Å². The van der Waals surface area contributed by atoms with Crippen molar-refractivity contribution in [1.82, 2.24) is 14.8 Å². The molecule has 2 aliphatic rings. The van der Waals surface area contributed by atoms with Gasteiger partial charge >= 0.3 is 0 Å². The van der Waals surface area contributed by atoms with Crippen LogP contribution in [-0.4, -0.2) is 52.9 Å². The van der Waals surface area contributed by atoms with E-state index < -0.39 is 0 Å². The molecule has 1 amide bonds. The number of hydrogen-bond acceptors (Lipinski definition) is 3. The molecule has 0 radical (unpaired) electrons. The van der Waals surface area contributed by atoms with E-state index in [2.05, 4.69) is 16.0 Å². The molecule has 2 saturated heterocycles. The van der Waals surface area contributed by atoms with Crippen molar-refractivity contribution in [3.05, 3.63) is 75.7 Å². The van der Waals surface area contributed by atoms with E-state index >= 15 is 0 Å². The molecule has 0 spiro atoms. The van der Waals surface area contributed by atoms with Crippen LogP contribution < -0.4 is 0 Å². The minimum atomic E-state index is -0.351. The maximum absolute atomic E-state index is 13.8. The van der Waals surface area contributed by atoms with Crippen LogP contribution in [0.3, 0.4) is 0 Å². The van der Waals surface area contributed by atoms with Crippen LogP contribution >= 0.6 is 23.2 Å². The third-order valence-corrected chi connectivity index (χ3v) is 8.10. The quantitative estimate of drug-likeness (QED) is 0.426. The highest BCUT2D eigenvalue weighted by atomic mass is 35.5. The van der Waals surface area contributed by atoms with E-state index in [1.807, 2.05) is 17.0 Å². The first-order valence-electron chi connectivity index (χ1n) is 12.0. The Balaban J connectivity index is 1.14. The third-order valence-electron chi connectivity index (χ3n) is 7.36. The minimum Gasteiger partial charge on any atom is -0.339 e. The Morgan fingerprint density at radius 2 is 1.71 bits per heavy atom. The summed E-state index contributed by atoms with van der Waals surface area (Å²) in [6.07, 6.45) is 6.96. The zero-order valence-electron chi connectivity index (χ0n) is 19.0.